The zero-order valence-electron chi connectivity index (χ0n) is 12.0. The summed E-state index contributed by atoms with van der Waals surface area (Å²) in [4.78, 5) is 12.9. The van der Waals surface area contributed by atoms with Gasteiger partial charge in [0.2, 0.25) is 0 Å². The molecule has 0 radical (unpaired) electrons. The number of hydrogen-bond acceptors (Lipinski definition) is 2. The van der Waals surface area contributed by atoms with E-state index in [2.05, 4.69) is 17.4 Å². The van der Waals surface area contributed by atoms with E-state index in [0.29, 0.717) is 0 Å². The minimum atomic E-state index is -0.246. The lowest BCUT2D eigenvalue weighted by atomic mass is 9.83. The van der Waals surface area contributed by atoms with Crippen molar-refractivity contribution in [3.63, 3.8) is 0 Å². The summed E-state index contributed by atoms with van der Waals surface area (Å²) in [5.74, 6) is -0.110. The second-order valence-electron chi connectivity index (χ2n) is 5.46. The third kappa shape index (κ3) is 2.01. The van der Waals surface area contributed by atoms with Gasteiger partial charge in [-0.05, 0) is 22.1 Å². The van der Waals surface area contributed by atoms with Gasteiger partial charge in [0.05, 0.1) is 5.92 Å². The molecule has 0 spiro atoms. The van der Waals surface area contributed by atoms with Crippen molar-refractivity contribution in [3.8, 4) is 0 Å². The summed E-state index contributed by atoms with van der Waals surface area (Å²) < 4.78 is 0. The predicted molar refractivity (Wildman–Crippen MR) is 88.2 cm³/mol. The van der Waals surface area contributed by atoms with Crippen LogP contribution in [0, 0.1) is 5.92 Å². The summed E-state index contributed by atoms with van der Waals surface area (Å²) in [7, 11) is 0. The Kier molecular flexibility index (Phi) is 3.01. The maximum Gasteiger partial charge on any atom is 0.174 e. The topological polar surface area (TPSA) is 29.1 Å². The molecule has 0 bridgehead atoms. The smallest absolute Gasteiger partial charge is 0.174 e. The zero-order valence-corrected chi connectivity index (χ0v) is 12.0. The van der Waals surface area contributed by atoms with Crippen molar-refractivity contribution in [2.24, 2.45) is 5.92 Å². The molecule has 2 heteroatoms. The van der Waals surface area contributed by atoms with Crippen LogP contribution >= 0.6 is 0 Å². The largest absolute Gasteiger partial charge is 0.361 e. The van der Waals surface area contributed by atoms with Crippen molar-refractivity contribution in [2.75, 3.05) is 0 Å². The van der Waals surface area contributed by atoms with E-state index in [1.165, 1.54) is 0 Å². The molecule has 0 amide bonds. The molecule has 0 saturated heterocycles. The maximum absolute atomic E-state index is 12.9. The quantitative estimate of drug-likeness (QED) is 0.857. The fraction of sp³-hybridized carbons (Fsp3) is 0.0500. The highest BCUT2D eigenvalue weighted by atomic mass is 16.1. The fourth-order valence-electron chi connectivity index (χ4n) is 3.08. The Morgan fingerprint density at radius 2 is 1.73 bits per heavy atom. The average molecular weight is 285 g/mol. The van der Waals surface area contributed by atoms with Crippen LogP contribution in [0.15, 0.2) is 78.5 Å². The molecule has 2 aliphatic rings. The summed E-state index contributed by atoms with van der Waals surface area (Å²) in [5, 5.41) is 5.56. The monoisotopic (exact) mass is 285 g/mol. The minimum absolute atomic E-state index is 0.135. The van der Waals surface area contributed by atoms with Crippen LogP contribution in [0.5, 0.6) is 0 Å². The number of benzene rings is 2. The minimum Gasteiger partial charge on any atom is -0.361 e. The van der Waals surface area contributed by atoms with Crippen LogP contribution in [0.4, 0.5) is 0 Å². The van der Waals surface area contributed by atoms with Crippen molar-refractivity contribution in [1.29, 1.82) is 0 Å². The molecule has 0 saturated carbocycles. The molecule has 0 fully saturated rings. The Hall–Kier alpha value is -2.87. The molecule has 2 nitrogen and oxygen atoms in total. The van der Waals surface area contributed by atoms with Gasteiger partial charge in [-0.1, -0.05) is 66.7 Å². The summed E-state index contributed by atoms with van der Waals surface area (Å²) >= 11 is 0. The standard InChI is InChI=1S/C20H15NO/c22-20(14-7-2-1-3-8-14)17-11-6-12-18-19(17)16-10-5-4-9-15(16)13-21-18/h1-13,17,21H. The first-order valence-electron chi connectivity index (χ1n) is 7.39. The van der Waals surface area contributed by atoms with Crippen molar-refractivity contribution >= 4 is 17.6 Å². The molecule has 1 atom stereocenters. The molecule has 106 valence electrons. The molecule has 2 aromatic rings. The van der Waals surface area contributed by atoms with Gasteiger partial charge < -0.3 is 5.32 Å². The van der Waals surface area contributed by atoms with E-state index in [1.54, 1.807) is 0 Å². The van der Waals surface area contributed by atoms with Gasteiger partial charge in [-0.3, -0.25) is 4.79 Å². The fourth-order valence-corrected chi connectivity index (χ4v) is 3.08. The molecule has 1 aliphatic carbocycles. The summed E-state index contributed by atoms with van der Waals surface area (Å²) in [6, 6.07) is 17.7. The van der Waals surface area contributed by atoms with Crippen LogP contribution in [0.1, 0.15) is 10.4 Å². The Balaban J connectivity index is 1.92. The highest BCUT2D eigenvalue weighted by Gasteiger charge is 2.27. The number of nitrogens with one attached hydrogen (secondary N) is 1. The van der Waals surface area contributed by atoms with Gasteiger partial charge in [-0.25, -0.2) is 0 Å². The van der Waals surface area contributed by atoms with Gasteiger partial charge >= 0.3 is 0 Å². The number of rotatable bonds is 2. The van der Waals surface area contributed by atoms with Gasteiger partial charge in [-0.15, -0.1) is 0 Å². The van der Waals surface area contributed by atoms with Gasteiger partial charge in [0.25, 0.3) is 0 Å². The number of carbonyl (C=O) groups is 1. The Bertz CT molecular complexity index is 920. The highest BCUT2D eigenvalue weighted by molar-refractivity contribution is 6.06. The maximum atomic E-state index is 12.9. The lowest BCUT2D eigenvalue weighted by molar-refractivity contribution is 0.0968. The van der Waals surface area contributed by atoms with Crippen molar-refractivity contribution in [2.45, 2.75) is 0 Å². The first-order chi connectivity index (χ1) is 10.8. The molecule has 1 aliphatic heterocycles. The first kappa shape index (κ1) is 12.8. The van der Waals surface area contributed by atoms with Crippen molar-refractivity contribution in [1.82, 2.24) is 5.32 Å². The summed E-state index contributed by atoms with van der Waals surface area (Å²) in [5.41, 5.74) is 2.82. The van der Waals surface area contributed by atoms with E-state index in [9.17, 15) is 4.79 Å². The van der Waals surface area contributed by atoms with Gasteiger partial charge in [-0.2, -0.15) is 0 Å². The van der Waals surface area contributed by atoms with E-state index in [1.807, 2.05) is 66.9 Å². The SMILES string of the molecule is O=C(c1ccccc1)C1C=CC=C2NC=c3ccccc3=C21. The molecule has 1 unspecified atom stereocenters. The summed E-state index contributed by atoms with van der Waals surface area (Å²) in [6.07, 6.45) is 7.96. The molecule has 1 N–H and O–H groups in total. The summed E-state index contributed by atoms with van der Waals surface area (Å²) in [6.45, 7) is 0. The van der Waals surface area contributed by atoms with E-state index >= 15 is 0 Å². The normalized spacial score (nSPS) is 18.5. The molecule has 1 heterocycles. The highest BCUT2D eigenvalue weighted by Crippen LogP contribution is 2.28. The predicted octanol–water partition coefficient (Wildman–Crippen LogP) is 2.13. The van der Waals surface area contributed by atoms with Crippen molar-refractivity contribution in [3.05, 3.63) is 94.5 Å². The van der Waals surface area contributed by atoms with Crippen LogP contribution in [0.2, 0.25) is 0 Å². The van der Waals surface area contributed by atoms with Crippen LogP contribution in [0.25, 0.3) is 11.8 Å². The number of fused-ring (bicyclic) bond motifs is 2. The molecular formula is C20H15NO. The first-order valence-corrected chi connectivity index (χ1v) is 7.39. The van der Waals surface area contributed by atoms with Gasteiger partial charge in [0.1, 0.15) is 0 Å². The van der Waals surface area contributed by atoms with Crippen LogP contribution in [0.3, 0.4) is 0 Å². The molecule has 4 rings (SSSR count). The second-order valence-corrected chi connectivity index (χ2v) is 5.46. The Morgan fingerprint density at radius 1 is 0.955 bits per heavy atom. The number of hydrogen-bond donors (Lipinski definition) is 1. The third-order valence-corrected chi connectivity index (χ3v) is 4.14. The Morgan fingerprint density at radius 3 is 2.59 bits per heavy atom. The van der Waals surface area contributed by atoms with Gasteiger partial charge in [0.15, 0.2) is 5.78 Å². The number of ketones is 1. The third-order valence-electron chi connectivity index (χ3n) is 4.14. The van der Waals surface area contributed by atoms with Crippen LogP contribution < -0.4 is 15.8 Å². The number of Topliss-reactive ketones (excluding diaryl/α,β-unsaturated/α-hetero) is 1. The van der Waals surface area contributed by atoms with Gasteiger partial charge in [0, 0.05) is 17.5 Å². The molecule has 2 aromatic carbocycles. The molecule has 22 heavy (non-hydrogen) atoms. The van der Waals surface area contributed by atoms with E-state index in [0.717, 1.165) is 27.3 Å². The average Bonchev–Trinajstić information content (AvgIpc) is 2.61. The molecular weight excluding hydrogens is 270 g/mol. The van der Waals surface area contributed by atoms with Crippen LogP contribution in [-0.2, 0) is 0 Å². The zero-order chi connectivity index (χ0) is 14.9. The number of allylic oxidation sites excluding steroid dienone is 4. The molecule has 0 aromatic heterocycles. The number of carbonyl (C=O) groups excluding carboxylic acids is 1. The van der Waals surface area contributed by atoms with Crippen molar-refractivity contribution < 1.29 is 4.79 Å². The van der Waals surface area contributed by atoms with E-state index < -0.39 is 0 Å². The second kappa shape index (κ2) is 5.15. The lowest BCUT2D eigenvalue weighted by Gasteiger charge is -2.24. The van der Waals surface area contributed by atoms with E-state index in [4.69, 9.17) is 0 Å². The van der Waals surface area contributed by atoms with E-state index in [-0.39, 0.29) is 11.7 Å². The van der Waals surface area contributed by atoms with Crippen LogP contribution in [-0.4, -0.2) is 5.78 Å². The lowest BCUT2D eigenvalue weighted by Crippen LogP contribution is -2.39. The Labute approximate surface area is 128 Å².